The first-order valence-corrected chi connectivity index (χ1v) is 6.64. The van der Waals surface area contributed by atoms with Crippen molar-refractivity contribution in [1.82, 2.24) is 9.78 Å². The van der Waals surface area contributed by atoms with E-state index in [0.717, 1.165) is 10.2 Å². The summed E-state index contributed by atoms with van der Waals surface area (Å²) in [6.45, 7) is 1.14. The summed E-state index contributed by atoms with van der Waals surface area (Å²) in [6.07, 6.45) is 1.68. The molecule has 0 saturated carbocycles. The first kappa shape index (κ1) is 14.2. The Hall–Kier alpha value is -1.24. The van der Waals surface area contributed by atoms with E-state index in [0.29, 0.717) is 18.7 Å². The number of aromatic nitrogens is 2. The van der Waals surface area contributed by atoms with E-state index >= 15 is 0 Å². The lowest BCUT2D eigenvalue weighted by Crippen LogP contribution is -2.19. The lowest BCUT2D eigenvalue weighted by Gasteiger charge is -2.15. The maximum absolute atomic E-state index is 13.3. The lowest BCUT2D eigenvalue weighted by molar-refractivity contribution is 0.182. The number of nitrogens with zero attached hydrogens (tertiary/aromatic N) is 2. The van der Waals surface area contributed by atoms with Crippen LogP contribution in [0.2, 0.25) is 0 Å². The van der Waals surface area contributed by atoms with Gasteiger partial charge in [-0.1, -0.05) is 12.1 Å². The number of hydrogen-bond acceptors (Lipinski definition) is 3. The summed E-state index contributed by atoms with van der Waals surface area (Å²) < 4.78 is 20.9. The number of methoxy groups -OCH3 is 1. The summed E-state index contributed by atoms with van der Waals surface area (Å²) >= 11 is 3.43. The van der Waals surface area contributed by atoms with E-state index in [9.17, 15) is 4.39 Å². The SMILES string of the molecule is COCCn1ncc(Br)c1C(N)c1cccc(F)c1. The van der Waals surface area contributed by atoms with Crippen LogP contribution in [0.5, 0.6) is 0 Å². The van der Waals surface area contributed by atoms with Gasteiger partial charge in [0.05, 0.1) is 35.6 Å². The van der Waals surface area contributed by atoms with Crippen LogP contribution in [0, 0.1) is 5.82 Å². The highest BCUT2D eigenvalue weighted by molar-refractivity contribution is 9.10. The van der Waals surface area contributed by atoms with Gasteiger partial charge in [-0.25, -0.2) is 4.39 Å². The van der Waals surface area contributed by atoms with E-state index in [1.165, 1.54) is 12.1 Å². The highest BCUT2D eigenvalue weighted by Gasteiger charge is 2.18. The van der Waals surface area contributed by atoms with Gasteiger partial charge in [0, 0.05) is 7.11 Å². The van der Waals surface area contributed by atoms with Crippen LogP contribution < -0.4 is 5.73 Å². The van der Waals surface area contributed by atoms with E-state index in [4.69, 9.17) is 10.5 Å². The summed E-state index contributed by atoms with van der Waals surface area (Å²) in [5.41, 5.74) is 7.72. The van der Waals surface area contributed by atoms with Crippen LogP contribution in [0.1, 0.15) is 17.3 Å². The van der Waals surface area contributed by atoms with Gasteiger partial charge in [-0.15, -0.1) is 0 Å². The van der Waals surface area contributed by atoms with Gasteiger partial charge in [-0.3, -0.25) is 4.68 Å². The topological polar surface area (TPSA) is 53.1 Å². The van der Waals surface area contributed by atoms with Crippen LogP contribution in [0.15, 0.2) is 34.9 Å². The quantitative estimate of drug-likeness (QED) is 0.917. The predicted molar refractivity (Wildman–Crippen MR) is 74.2 cm³/mol. The minimum Gasteiger partial charge on any atom is -0.383 e. The van der Waals surface area contributed by atoms with E-state index in [2.05, 4.69) is 21.0 Å². The Kier molecular flexibility index (Phi) is 4.68. The minimum absolute atomic E-state index is 0.299. The molecule has 0 amide bonds. The van der Waals surface area contributed by atoms with Crippen LogP contribution in [0.4, 0.5) is 4.39 Å². The van der Waals surface area contributed by atoms with Crippen LogP contribution in [0.3, 0.4) is 0 Å². The average Bonchev–Trinajstić information content (AvgIpc) is 2.76. The van der Waals surface area contributed by atoms with Gasteiger partial charge < -0.3 is 10.5 Å². The van der Waals surface area contributed by atoms with Gasteiger partial charge >= 0.3 is 0 Å². The molecule has 0 aliphatic rings. The molecule has 6 heteroatoms. The number of rotatable bonds is 5. The Balaban J connectivity index is 2.32. The van der Waals surface area contributed by atoms with Crippen LogP contribution in [-0.2, 0) is 11.3 Å². The molecule has 1 heterocycles. The third-order valence-electron chi connectivity index (χ3n) is 2.84. The van der Waals surface area contributed by atoms with Gasteiger partial charge in [0.25, 0.3) is 0 Å². The molecule has 102 valence electrons. The molecule has 0 fully saturated rings. The molecule has 0 aliphatic carbocycles. The Morgan fingerprint density at radius 3 is 3.00 bits per heavy atom. The first-order valence-electron chi connectivity index (χ1n) is 5.84. The summed E-state index contributed by atoms with van der Waals surface area (Å²) in [4.78, 5) is 0. The third kappa shape index (κ3) is 3.20. The molecule has 0 saturated heterocycles. The average molecular weight is 328 g/mol. The largest absolute Gasteiger partial charge is 0.383 e. The van der Waals surface area contributed by atoms with Crippen molar-refractivity contribution in [2.75, 3.05) is 13.7 Å². The maximum atomic E-state index is 13.3. The van der Waals surface area contributed by atoms with Crippen LogP contribution in [0.25, 0.3) is 0 Å². The smallest absolute Gasteiger partial charge is 0.123 e. The van der Waals surface area contributed by atoms with Gasteiger partial charge in [0.2, 0.25) is 0 Å². The fraction of sp³-hybridized carbons (Fsp3) is 0.308. The summed E-state index contributed by atoms with van der Waals surface area (Å²) in [7, 11) is 1.63. The highest BCUT2D eigenvalue weighted by Crippen LogP contribution is 2.27. The zero-order chi connectivity index (χ0) is 13.8. The molecule has 1 aromatic heterocycles. The number of halogens is 2. The second-order valence-electron chi connectivity index (χ2n) is 4.13. The van der Waals surface area contributed by atoms with Crippen molar-refractivity contribution in [2.45, 2.75) is 12.6 Å². The highest BCUT2D eigenvalue weighted by atomic mass is 79.9. The van der Waals surface area contributed by atoms with Crippen molar-refractivity contribution >= 4 is 15.9 Å². The Morgan fingerprint density at radius 2 is 2.32 bits per heavy atom. The van der Waals surface area contributed by atoms with Crippen molar-refractivity contribution in [3.8, 4) is 0 Å². The number of hydrogen-bond donors (Lipinski definition) is 1. The maximum Gasteiger partial charge on any atom is 0.123 e. The second kappa shape index (κ2) is 6.27. The molecule has 19 heavy (non-hydrogen) atoms. The fourth-order valence-corrected chi connectivity index (χ4v) is 2.44. The molecule has 4 nitrogen and oxygen atoms in total. The number of ether oxygens (including phenoxy) is 1. The monoisotopic (exact) mass is 327 g/mol. The van der Waals surface area contributed by atoms with Crippen LogP contribution >= 0.6 is 15.9 Å². The van der Waals surface area contributed by atoms with Gasteiger partial charge in [0.15, 0.2) is 0 Å². The first-order chi connectivity index (χ1) is 9.13. The zero-order valence-corrected chi connectivity index (χ0v) is 12.1. The van der Waals surface area contributed by atoms with Gasteiger partial charge in [0.1, 0.15) is 5.82 Å². The van der Waals surface area contributed by atoms with Crippen molar-refractivity contribution in [3.63, 3.8) is 0 Å². The third-order valence-corrected chi connectivity index (χ3v) is 3.45. The molecular formula is C13H15BrFN3O. The molecule has 1 unspecified atom stereocenters. The Bertz CT molecular complexity index is 559. The number of nitrogens with two attached hydrogens (primary N) is 1. The molecule has 2 rings (SSSR count). The van der Waals surface area contributed by atoms with Crippen molar-refractivity contribution in [1.29, 1.82) is 0 Å². The molecule has 0 radical (unpaired) electrons. The standard InChI is InChI=1S/C13H15BrFN3O/c1-19-6-5-18-13(11(14)8-17-18)12(16)9-3-2-4-10(15)7-9/h2-4,7-8,12H,5-6,16H2,1H3. The molecule has 2 aromatic rings. The Labute approximate surface area is 119 Å². The molecular weight excluding hydrogens is 313 g/mol. The minimum atomic E-state index is -0.440. The fourth-order valence-electron chi connectivity index (χ4n) is 1.89. The van der Waals surface area contributed by atoms with E-state index < -0.39 is 6.04 Å². The normalized spacial score (nSPS) is 12.6. The Morgan fingerprint density at radius 1 is 1.53 bits per heavy atom. The van der Waals surface area contributed by atoms with E-state index in [1.807, 2.05) is 0 Å². The van der Waals surface area contributed by atoms with E-state index in [1.54, 1.807) is 30.1 Å². The predicted octanol–water partition coefficient (Wildman–Crippen LogP) is 2.48. The van der Waals surface area contributed by atoms with Gasteiger partial charge in [-0.2, -0.15) is 5.10 Å². The van der Waals surface area contributed by atoms with Crippen molar-refractivity contribution < 1.29 is 9.13 Å². The van der Waals surface area contributed by atoms with E-state index in [-0.39, 0.29) is 5.82 Å². The molecule has 1 aromatic carbocycles. The molecule has 0 bridgehead atoms. The molecule has 1 atom stereocenters. The summed E-state index contributed by atoms with van der Waals surface area (Å²) in [6, 6.07) is 5.84. The zero-order valence-electron chi connectivity index (χ0n) is 10.5. The van der Waals surface area contributed by atoms with Crippen molar-refractivity contribution in [3.05, 3.63) is 52.0 Å². The summed E-state index contributed by atoms with van der Waals surface area (Å²) in [5, 5.41) is 4.24. The van der Waals surface area contributed by atoms with Crippen molar-refractivity contribution in [2.24, 2.45) is 5.73 Å². The van der Waals surface area contributed by atoms with Gasteiger partial charge in [-0.05, 0) is 33.6 Å². The van der Waals surface area contributed by atoms with Crippen LogP contribution in [-0.4, -0.2) is 23.5 Å². The second-order valence-corrected chi connectivity index (χ2v) is 4.98. The molecule has 0 aliphatic heterocycles. The lowest BCUT2D eigenvalue weighted by atomic mass is 10.0. The summed E-state index contributed by atoms with van der Waals surface area (Å²) in [5.74, 6) is -0.299. The molecule has 0 spiro atoms. The number of benzene rings is 1. The molecule has 2 N–H and O–H groups in total.